The van der Waals surface area contributed by atoms with Crippen LogP contribution in [0.1, 0.15) is 62.4 Å². The van der Waals surface area contributed by atoms with E-state index >= 15 is 0 Å². The standard InChI is InChI=1S/C30H36F3N3O6S/c1-29(2,3)36(28(39)40)22-12-13-25(20(17-22)18-43(41,42)23-10-5-4-6-11-23)35-15-14-24(27(35)38)34-26(37)19-8-7-9-21(16-19)30(31,32)33/h4-11,16,20,22,24-25H,12-15,17-18H2,1-3H3,(H,34,37)(H,39,40)/t20-,22?,24?,25-/m0/s1. The lowest BCUT2D eigenvalue weighted by atomic mass is 9.80. The highest BCUT2D eigenvalue weighted by Crippen LogP contribution is 2.38. The Kier molecular flexibility index (Phi) is 9.15. The fraction of sp³-hybridized carbons (Fsp3) is 0.500. The maximum atomic E-state index is 13.5. The lowest BCUT2D eigenvalue weighted by molar-refractivity contribution is -0.137. The summed E-state index contributed by atoms with van der Waals surface area (Å²) >= 11 is 0. The molecule has 0 bridgehead atoms. The molecule has 2 fully saturated rings. The molecule has 1 aliphatic heterocycles. The summed E-state index contributed by atoms with van der Waals surface area (Å²) in [6.45, 7) is 5.52. The molecule has 2 aliphatic rings. The Labute approximate surface area is 249 Å². The molecule has 4 atom stereocenters. The average Bonchev–Trinajstić information content (AvgIpc) is 3.27. The number of rotatable bonds is 7. The molecule has 234 valence electrons. The zero-order chi connectivity index (χ0) is 31.7. The van der Waals surface area contributed by atoms with E-state index in [9.17, 15) is 41.1 Å². The summed E-state index contributed by atoms with van der Waals surface area (Å²) in [5, 5.41) is 12.5. The molecule has 0 spiro atoms. The number of sulfone groups is 1. The van der Waals surface area contributed by atoms with Gasteiger partial charge in [-0.2, -0.15) is 13.2 Å². The number of halogens is 3. The van der Waals surface area contributed by atoms with E-state index in [1.54, 1.807) is 43.9 Å². The van der Waals surface area contributed by atoms with Crippen LogP contribution in [0.15, 0.2) is 59.5 Å². The molecule has 1 aliphatic carbocycles. The third-order valence-electron chi connectivity index (χ3n) is 8.14. The second kappa shape index (κ2) is 12.2. The molecule has 2 aromatic carbocycles. The Morgan fingerprint density at radius 3 is 2.30 bits per heavy atom. The van der Waals surface area contributed by atoms with Gasteiger partial charge in [-0.1, -0.05) is 24.3 Å². The predicted molar refractivity (Wildman–Crippen MR) is 152 cm³/mol. The number of amides is 3. The molecule has 9 nitrogen and oxygen atoms in total. The van der Waals surface area contributed by atoms with Crippen molar-refractivity contribution in [3.05, 3.63) is 65.7 Å². The molecule has 0 radical (unpaired) electrons. The Bertz CT molecular complexity index is 1460. The minimum Gasteiger partial charge on any atom is -0.465 e. The number of nitrogens with zero attached hydrogens (tertiary/aromatic N) is 2. The molecule has 1 saturated heterocycles. The smallest absolute Gasteiger partial charge is 0.416 e. The summed E-state index contributed by atoms with van der Waals surface area (Å²) in [5.74, 6) is -2.17. The summed E-state index contributed by atoms with van der Waals surface area (Å²) in [4.78, 5) is 41.6. The Morgan fingerprint density at radius 2 is 1.70 bits per heavy atom. The highest BCUT2D eigenvalue weighted by Gasteiger charge is 2.46. The number of carbonyl (C=O) groups is 3. The summed E-state index contributed by atoms with van der Waals surface area (Å²) in [6.07, 6.45) is -4.58. The van der Waals surface area contributed by atoms with Gasteiger partial charge in [0.15, 0.2) is 9.84 Å². The first kappa shape index (κ1) is 32.3. The summed E-state index contributed by atoms with van der Waals surface area (Å²) in [7, 11) is -3.79. The van der Waals surface area contributed by atoms with Gasteiger partial charge in [-0.25, -0.2) is 13.2 Å². The predicted octanol–water partition coefficient (Wildman–Crippen LogP) is 4.83. The third-order valence-corrected chi connectivity index (χ3v) is 10.00. The van der Waals surface area contributed by atoms with E-state index in [2.05, 4.69) is 5.32 Å². The van der Waals surface area contributed by atoms with E-state index in [0.29, 0.717) is 12.8 Å². The number of alkyl halides is 3. The van der Waals surface area contributed by atoms with E-state index in [1.165, 1.54) is 23.1 Å². The minimum absolute atomic E-state index is 0.126. The molecule has 2 N–H and O–H groups in total. The lowest BCUT2D eigenvalue weighted by Gasteiger charge is -2.47. The van der Waals surface area contributed by atoms with Gasteiger partial charge >= 0.3 is 12.3 Å². The van der Waals surface area contributed by atoms with E-state index < -0.39 is 69.1 Å². The zero-order valence-electron chi connectivity index (χ0n) is 24.2. The van der Waals surface area contributed by atoms with Crippen LogP contribution in [0.2, 0.25) is 0 Å². The Morgan fingerprint density at radius 1 is 1.02 bits per heavy atom. The van der Waals surface area contributed by atoms with Crippen molar-refractivity contribution in [3.8, 4) is 0 Å². The normalized spacial score (nSPS) is 23.2. The number of likely N-dealkylation sites (tertiary alicyclic amines) is 1. The summed E-state index contributed by atoms with van der Waals surface area (Å²) in [6, 6.07) is 9.83. The van der Waals surface area contributed by atoms with Crippen molar-refractivity contribution < 1.29 is 41.1 Å². The van der Waals surface area contributed by atoms with Gasteiger partial charge in [-0.3, -0.25) is 9.59 Å². The number of carboxylic acid groups (broad SMARTS) is 1. The SMILES string of the molecule is CC(C)(C)N(C(=O)O)C1CC[C@H](N2CCC(NC(=O)c3cccc(C(F)(F)F)c3)C2=O)[C@H](CS(=O)(=O)c2ccccc2)C1. The molecular formula is C30H36F3N3O6S. The van der Waals surface area contributed by atoms with Gasteiger partial charge in [0.25, 0.3) is 5.91 Å². The monoisotopic (exact) mass is 623 g/mol. The molecule has 4 rings (SSSR count). The zero-order valence-corrected chi connectivity index (χ0v) is 25.0. The summed E-state index contributed by atoms with van der Waals surface area (Å²) < 4.78 is 66.3. The number of hydrogen-bond donors (Lipinski definition) is 2. The van der Waals surface area contributed by atoms with Crippen molar-refractivity contribution in [1.82, 2.24) is 15.1 Å². The first-order chi connectivity index (χ1) is 20.0. The van der Waals surface area contributed by atoms with E-state index in [4.69, 9.17) is 0 Å². The topological polar surface area (TPSA) is 124 Å². The molecule has 13 heteroatoms. The van der Waals surface area contributed by atoms with Crippen molar-refractivity contribution in [1.29, 1.82) is 0 Å². The highest BCUT2D eigenvalue weighted by atomic mass is 32.2. The third kappa shape index (κ3) is 7.31. The fourth-order valence-electron chi connectivity index (χ4n) is 6.29. The van der Waals surface area contributed by atoms with Gasteiger partial charge in [0.05, 0.1) is 16.2 Å². The second-order valence-corrected chi connectivity index (χ2v) is 14.2. The quantitative estimate of drug-likeness (QED) is 0.456. The van der Waals surface area contributed by atoms with Crippen LogP contribution in [0.25, 0.3) is 0 Å². The maximum Gasteiger partial charge on any atom is 0.416 e. The van der Waals surface area contributed by atoms with Gasteiger partial charge in [-0.15, -0.1) is 0 Å². The number of benzene rings is 2. The van der Waals surface area contributed by atoms with Crippen LogP contribution in [0.4, 0.5) is 18.0 Å². The maximum absolute atomic E-state index is 13.5. The Hall–Kier alpha value is -3.61. The van der Waals surface area contributed by atoms with Crippen LogP contribution in [0, 0.1) is 5.92 Å². The largest absolute Gasteiger partial charge is 0.465 e. The number of hydrogen-bond acceptors (Lipinski definition) is 5. The van der Waals surface area contributed by atoms with E-state index in [0.717, 1.165) is 18.2 Å². The molecule has 43 heavy (non-hydrogen) atoms. The molecule has 3 amide bonds. The molecule has 2 unspecified atom stereocenters. The second-order valence-electron chi connectivity index (χ2n) is 12.1. The van der Waals surface area contributed by atoms with E-state index in [1.807, 2.05) is 0 Å². The fourth-order valence-corrected chi connectivity index (χ4v) is 7.97. The van der Waals surface area contributed by atoms with Crippen LogP contribution in [0.5, 0.6) is 0 Å². The highest BCUT2D eigenvalue weighted by molar-refractivity contribution is 7.91. The molecular weight excluding hydrogens is 587 g/mol. The van der Waals surface area contributed by atoms with Gasteiger partial charge < -0.3 is 20.2 Å². The van der Waals surface area contributed by atoms with E-state index in [-0.39, 0.29) is 35.6 Å². The van der Waals surface area contributed by atoms with Crippen LogP contribution < -0.4 is 5.32 Å². The van der Waals surface area contributed by atoms with Crippen molar-refractivity contribution in [2.45, 2.75) is 81.2 Å². The average molecular weight is 624 g/mol. The lowest BCUT2D eigenvalue weighted by Crippen LogP contribution is -2.57. The van der Waals surface area contributed by atoms with Crippen LogP contribution in [-0.2, 0) is 20.8 Å². The van der Waals surface area contributed by atoms with Crippen molar-refractivity contribution in [3.63, 3.8) is 0 Å². The van der Waals surface area contributed by atoms with Gasteiger partial charge in [0, 0.05) is 29.7 Å². The van der Waals surface area contributed by atoms with Crippen molar-refractivity contribution >= 4 is 27.7 Å². The van der Waals surface area contributed by atoms with Gasteiger partial charge in [-0.05, 0) is 82.7 Å². The number of nitrogens with one attached hydrogen (secondary N) is 1. The molecule has 0 aromatic heterocycles. The van der Waals surface area contributed by atoms with Crippen molar-refractivity contribution in [2.24, 2.45) is 5.92 Å². The van der Waals surface area contributed by atoms with Crippen LogP contribution in [0.3, 0.4) is 0 Å². The van der Waals surface area contributed by atoms with Gasteiger partial charge in [0.1, 0.15) is 6.04 Å². The summed E-state index contributed by atoms with van der Waals surface area (Å²) in [5.41, 5.74) is -1.96. The molecule has 1 saturated carbocycles. The Balaban J connectivity index is 1.56. The first-order valence-corrected chi connectivity index (χ1v) is 15.7. The minimum atomic E-state index is -4.63. The number of carbonyl (C=O) groups excluding carboxylic acids is 2. The van der Waals surface area contributed by atoms with Gasteiger partial charge in [0.2, 0.25) is 5.91 Å². The van der Waals surface area contributed by atoms with Crippen LogP contribution in [-0.4, -0.2) is 77.2 Å². The van der Waals surface area contributed by atoms with Crippen molar-refractivity contribution in [2.75, 3.05) is 12.3 Å². The van der Waals surface area contributed by atoms with Crippen LogP contribution >= 0.6 is 0 Å². The molecule has 1 heterocycles. The molecule has 2 aromatic rings. The first-order valence-electron chi connectivity index (χ1n) is 14.1.